The highest BCUT2D eigenvalue weighted by Crippen LogP contribution is 2.29. The van der Waals surface area contributed by atoms with Crippen molar-refractivity contribution < 1.29 is 37.0 Å². The number of halogens is 3. The van der Waals surface area contributed by atoms with E-state index in [0.717, 1.165) is 12.1 Å². The van der Waals surface area contributed by atoms with E-state index in [2.05, 4.69) is 15.4 Å². The molecule has 12 heteroatoms. The van der Waals surface area contributed by atoms with Gasteiger partial charge in [-0.25, -0.2) is 9.59 Å². The average molecular weight is 503 g/mol. The molecule has 0 aliphatic carbocycles. The molecule has 1 aliphatic heterocycles. The van der Waals surface area contributed by atoms with Crippen molar-refractivity contribution in [2.45, 2.75) is 71.4 Å². The summed E-state index contributed by atoms with van der Waals surface area (Å²) in [7, 11) is 0. The second-order valence-corrected chi connectivity index (χ2v) is 10.2. The molecular weight excluding hydrogens is 469 g/mol. The number of benzene rings is 1. The highest BCUT2D eigenvalue weighted by atomic mass is 19.4. The van der Waals surface area contributed by atoms with Crippen molar-refractivity contribution in [3.05, 3.63) is 24.3 Å². The number of urea groups is 1. The van der Waals surface area contributed by atoms with Crippen LogP contribution in [0, 0.1) is 0 Å². The summed E-state index contributed by atoms with van der Waals surface area (Å²) in [5, 5.41) is 5.35. The predicted octanol–water partition coefficient (Wildman–Crippen LogP) is 4.03. The number of ether oxygens (including phenoxy) is 2. The van der Waals surface area contributed by atoms with E-state index >= 15 is 0 Å². The van der Waals surface area contributed by atoms with Crippen molar-refractivity contribution in [3.63, 3.8) is 0 Å². The van der Waals surface area contributed by atoms with Gasteiger partial charge in [0.1, 0.15) is 18.4 Å². The lowest BCUT2D eigenvalue weighted by atomic mass is 10.1. The second-order valence-electron chi connectivity index (χ2n) is 10.2. The Bertz CT molecular complexity index is 925. The summed E-state index contributed by atoms with van der Waals surface area (Å²) in [6.07, 6.45) is -5.18. The number of anilines is 1. The van der Waals surface area contributed by atoms with Crippen molar-refractivity contribution in [2.24, 2.45) is 0 Å². The molecule has 1 unspecified atom stereocenters. The molecule has 2 N–H and O–H groups in total. The van der Waals surface area contributed by atoms with Crippen molar-refractivity contribution in [2.75, 3.05) is 24.6 Å². The van der Waals surface area contributed by atoms with Gasteiger partial charge < -0.3 is 29.9 Å². The number of rotatable bonds is 6. The summed E-state index contributed by atoms with van der Waals surface area (Å²) in [4.78, 5) is 40.5. The summed E-state index contributed by atoms with van der Waals surface area (Å²) in [6, 6.07) is 3.73. The van der Waals surface area contributed by atoms with Gasteiger partial charge in [-0.3, -0.25) is 4.79 Å². The normalized spacial score (nSPS) is 16.7. The molecule has 2 rings (SSSR count). The Balaban J connectivity index is 2.01. The van der Waals surface area contributed by atoms with Crippen LogP contribution in [0.5, 0.6) is 5.75 Å². The summed E-state index contributed by atoms with van der Waals surface area (Å²) in [6.45, 7) is 11.1. The molecule has 1 aromatic rings. The van der Waals surface area contributed by atoms with Crippen LogP contribution in [0.2, 0.25) is 0 Å². The Morgan fingerprint density at radius 3 is 2.37 bits per heavy atom. The maximum Gasteiger partial charge on any atom is 0.573 e. The minimum Gasteiger partial charge on any atom is -0.448 e. The zero-order valence-electron chi connectivity index (χ0n) is 20.8. The molecule has 4 amide bonds. The zero-order valence-corrected chi connectivity index (χ0v) is 20.8. The van der Waals surface area contributed by atoms with Crippen LogP contribution in [0.3, 0.4) is 0 Å². The highest BCUT2D eigenvalue weighted by molar-refractivity contribution is 6.01. The fourth-order valence-corrected chi connectivity index (χ4v) is 3.46. The van der Waals surface area contributed by atoms with Gasteiger partial charge >= 0.3 is 18.5 Å². The van der Waals surface area contributed by atoms with Crippen LogP contribution < -0.4 is 20.3 Å². The number of amides is 4. The maximum absolute atomic E-state index is 13.0. The van der Waals surface area contributed by atoms with E-state index in [9.17, 15) is 27.6 Å². The molecule has 0 aromatic heterocycles. The van der Waals surface area contributed by atoms with E-state index in [1.165, 1.54) is 21.9 Å². The summed E-state index contributed by atoms with van der Waals surface area (Å²) >= 11 is 0. The average Bonchev–Trinajstić information content (AvgIpc) is 3.02. The van der Waals surface area contributed by atoms with E-state index in [4.69, 9.17) is 4.74 Å². The van der Waals surface area contributed by atoms with Crippen molar-refractivity contribution in [1.82, 2.24) is 15.5 Å². The maximum atomic E-state index is 13.0. The largest absolute Gasteiger partial charge is 0.573 e. The Hall–Kier alpha value is -3.18. The van der Waals surface area contributed by atoms with Crippen LogP contribution in [0.25, 0.3) is 0 Å². The first-order valence-corrected chi connectivity index (χ1v) is 11.2. The van der Waals surface area contributed by atoms with Gasteiger partial charge in [-0.2, -0.15) is 0 Å². The third-order valence-corrected chi connectivity index (χ3v) is 4.95. The molecule has 0 bridgehead atoms. The number of alkyl halides is 3. The van der Waals surface area contributed by atoms with Crippen LogP contribution in [0.1, 0.15) is 48.0 Å². The number of nitrogens with zero attached hydrogens (tertiary/aromatic N) is 2. The Labute approximate surface area is 202 Å². The first kappa shape index (κ1) is 28.1. The second kappa shape index (κ2) is 10.6. The molecule has 1 heterocycles. The van der Waals surface area contributed by atoms with Gasteiger partial charge in [-0.05, 0) is 60.1 Å². The number of nitrogens with one attached hydrogen (secondary N) is 2. The van der Waals surface area contributed by atoms with Gasteiger partial charge in [-0.1, -0.05) is 6.07 Å². The molecule has 1 saturated heterocycles. The minimum absolute atomic E-state index is 0.0522. The SMILES string of the molecule is CC(C)(C)NC(=O)OCCN(C(=O)NC1CCN(c2cccc(OC(F)(F)F)c2)C1=O)C(C)(C)C. The third-order valence-electron chi connectivity index (χ3n) is 4.95. The third kappa shape index (κ3) is 8.84. The topological polar surface area (TPSA) is 100 Å². The summed E-state index contributed by atoms with van der Waals surface area (Å²) in [5.41, 5.74) is -0.872. The molecule has 1 atom stereocenters. The molecule has 35 heavy (non-hydrogen) atoms. The van der Waals surface area contributed by atoms with E-state index in [-0.39, 0.29) is 31.8 Å². The van der Waals surface area contributed by atoms with Crippen molar-refractivity contribution >= 4 is 23.7 Å². The minimum atomic E-state index is -4.85. The number of hydrogen-bond donors (Lipinski definition) is 2. The van der Waals surface area contributed by atoms with Crippen molar-refractivity contribution in [3.8, 4) is 5.75 Å². The predicted molar refractivity (Wildman–Crippen MR) is 123 cm³/mol. The Morgan fingerprint density at radius 2 is 1.80 bits per heavy atom. The molecule has 0 radical (unpaired) electrons. The Morgan fingerprint density at radius 1 is 1.14 bits per heavy atom. The lowest BCUT2D eigenvalue weighted by molar-refractivity contribution is -0.274. The van der Waals surface area contributed by atoms with Gasteiger partial charge in [-0.15, -0.1) is 13.2 Å². The van der Waals surface area contributed by atoms with Crippen LogP contribution in [0.15, 0.2) is 24.3 Å². The fourth-order valence-electron chi connectivity index (χ4n) is 3.46. The smallest absolute Gasteiger partial charge is 0.448 e. The standard InChI is InChI=1S/C23H33F3N4O5/c1-21(2,3)28-20(33)34-13-12-30(22(4,5)6)19(32)27-17-10-11-29(18(17)31)15-8-7-9-16(14-15)35-23(24,25)26/h7-9,14,17H,10-13H2,1-6H3,(H,27,32)(H,28,33). The number of alkyl carbamates (subject to hydrolysis) is 1. The molecule has 1 fully saturated rings. The number of carbonyl (C=O) groups excluding carboxylic acids is 3. The molecule has 1 aromatic carbocycles. The first-order valence-electron chi connectivity index (χ1n) is 11.2. The summed E-state index contributed by atoms with van der Waals surface area (Å²) < 4.78 is 46.7. The highest BCUT2D eigenvalue weighted by Gasteiger charge is 2.37. The molecular formula is C23H33F3N4O5. The van der Waals surface area contributed by atoms with Crippen LogP contribution in [-0.4, -0.2) is 66.1 Å². The lowest BCUT2D eigenvalue weighted by Crippen LogP contribution is -2.55. The van der Waals surface area contributed by atoms with Crippen LogP contribution >= 0.6 is 0 Å². The van der Waals surface area contributed by atoms with E-state index in [1.807, 2.05) is 20.8 Å². The van der Waals surface area contributed by atoms with Crippen molar-refractivity contribution in [1.29, 1.82) is 0 Å². The molecule has 1 aliphatic rings. The monoisotopic (exact) mass is 502 g/mol. The van der Waals surface area contributed by atoms with Gasteiger partial charge in [0.25, 0.3) is 0 Å². The van der Waals surface area contributed by atoms with E-state index in [0.29, 0.717) is 0 Å². The summed E-state index contributed by atoms with van der Waals surface area (Å²) in [5.74, 6) is -0.887. The van der Waals surface area contributed by atoms with Crippen LogP contribution in [-0.2, 0) is 9.53 Å². The molecule has 9 nitrogen and oxygen atoms in total. The first-order chi connectivity index (χ1) is 16.0. The number of hydrogen-bond acceptors (Lipinski definition) is 5. The van der Waals surface area contributed by atoms with Gasteiger partial charge in [0.15, 0.2) is 0 Å². The fraction of sp³-hybridized carbons (Fsp3) is 0.609. The quantitative estimate of drug-likeness (QED) is 0.612. The number of carbonyl (C=O) groups is 3. The van der Waals surface area contributed by atoms with Gasteiger partial charge in [0.05, 0.1) is 6.54 Å². The van der Waals surface area contributed by atoms with E-state index in [1.54, 1.807) is 20.8 Å². The van der Waals surface area contributed by atoms with Gasteiger partial charge in [0.2, 0.25) is 5.91 Å². The zero-order chi connectivity index (χ0) is 26.6. The lowest BCUT2D eigenvalue weighted by Gasteiger charge is -2.36. The molecule has 0 saturated carbocycles. The molecule has 0 spiro atoms. The van der Waals surface area contributed by atoms with E-state index < -0.39 is 47.3 Å². The molecule has 196 valence electrons. The van der Waals surface area contributed by atoms with Gasteiger partial charge in [0, 0.05) is 29.4 Å². The Kier molecular flexibility index (Phi) is 8.51. The van der Waals surface area contributed by atoms with Crippen LogP contribution in [0.4, 0.5) is 28.4 Å².